The van der Waals surface area contributed by atoms with Crippen LogP contribution in [0.3, 0.4) is 0 Å². The first-order valence-electron chi connectivity index (χ1n) is 9.05. The molecule has 4 nitrogen and oxygen atoms in total. The average Bonchev–Trinajstić information content (AvgIpc) is 2.58. The number of ether oxygens (including phenoxy) is 2. The van der Waals surface area contributed by atoms with Gasteiger partial charge in [-0.3, -0.25) is 9.69 Å². The van der Waals surface area contributed by atoms with E-state index in [0.717, 1.165) is 25.0 Å². The Hall–Kier alpha value is -1.55. The minimum atomic E-state index is -0.00807. The number of carbonyl (C=O) groups is 1. The van der Waals surface area contributed by atoms with Gasteiger partial charge in [-0.1, -0.05) is 13.0 Å². The van der Waals surface area contributed by atoms with Gasteiger partial charge in [0.1, 0.15) is 5.75 Å². The molecule has 0 spiro atoms. The molecule has 4 aliphatic rings. The number of benzene rings is 1. The standard InChI is InChI=1S/C20H27NO3/c1-5-24-19(22)14-10-16-17-8-12-6-7-13(23-4)9-15(12)20(16,2)11-18(14)21(17)3/h6-7,9,14,16-18H,5,8,10-11H2,1-4H3/t14?,16?,17?,18?,20-/m1/s1. The van der Waals surface area contributed by atoms with Crippen molar-refractivity contribution in [3.05, 3.63) is 29.3 Å². The van der Waals surface area contributed by atoms with Crippen LogP contribution in [-0.2, 0) is 21.4 Å². The van der Waals surface area contributed by atoms with Crippen molar-refractivity contribution in [1.82, 2.24) is 4.90 Å². The van der Waals surface area contributed by atoms with Gasteiger partial charge in [0.2, 0.25) is 0 Å². The smallest absolute Gasteiger partial charge is 0.310 e. The lowest BCUT2D eigenvalue weighted by Gasteiger charge is -2.63. The molecular formula is C20H27NO3. The zero-order valence-electron chi connectivity index (χ0n) is 15.0. The summed E-state index contributed by atoms with van der Waals surface area (Å²) in [5.41, 5.74) is 3.01. The molecular weight excluding hydrogens is 302 g/mol. The van der Waals surface area contributed by atoms with Gasteiger partial charge in [0, 0.05) is 12.1 Å². The summed E-state index contributed by atoms with van der Waals surface area (Å²) in [5.74, 6) is 1.45. The average molecular weight is 329 g/mol. The van der Waals surface area contributed by atoms with Gasteiger partial charge in [-0.05, 0) is 67.8 Å². The molecule has 0 radical (unpaired) electrons. The number of carbonyl (C=O) groups excluding carboxylic acids is 1. The van der Waals surface area contributed by atoms with Crippen molar-refractivity contribution in [3.8, 4) is 5.75 Å². The molecule has 5 atom stereocenters. The molecule has 0 N–H and O–H groups in total. The lowest BCUT2D eigenvalue weighted by atomic mass is 9.50. The number of likely N-dealkylation sites (N-methyl/N-ethyl adjacent to an activating group) is 1. The third-order valence-corrected chi connectivity index (χ3v) is 6.89. The molecule has 2 saturated heterocycles. The Morgan fingerprint density at radius 2 is 2.17 bits per heavy atom. The number of hydrogen-bond donors (Lipinski definition) is 0. The molecule has 4 bridgehead atoms. The highest BCUT2D eigenvalue weighted by Crippen LogP contribution is 2.58. The van der Waals surface area contributed by atoms with Crippen LogP contribution in [0.15, 0.2) is 18.2 Å². The van der Waals surface area contributed by atoms with Gasteiger partial charge in [-0.15, -0.1) is 0 Å². The van der Waals surface area contributed by atoms with E-state index in [1.807, 2.05) is 6.92 Å². The molecule has 2 aliphatic carbocycles. The lowest BCUT2D eigenvalue weighted by molar-refractivity contribution is -0.164. The number of methoxy groups -OCH3 is 1. The van der Waals surface area contributed by atoms with Gasteiger partial charge in [0.05, 0.1) is 19.6 Å². The van der Waals surface area contributed by atoms with E-state index < -0.39 is 0 Å². The highest BCUT2D eigenvalue weighted by atomic mass is 16.5. The maximum Gasteiger partial charge on any atom is 0.310 e. The fourth-order valence-electron chi connectivity index (χ4n) is 5.67. The highest BCUT2D eigenvalue weighted by molar-refractivity contribution is 5.74. The molecule has 24 heavy (non-hydrogen) atoms. The second kappa shape index (κ2) is 5.48. The molecule has 2 aliphatic heterocycles. The van der Waals surface area contributed by atoms with Gasteiger partial charge in [-0.2, -0.15) is 0 Å². The van der Waals surface area contributed by atoms with Crippen LogP contribution in [0, 0.1) is 11.8 Å². The summed E-state index contributed by atoms with van der Waals surface area (Å²) >= 11 is 0. The molecule has 1 aromatic carbocycles. The second-order valence-corrected chi connectivity index (χ2v) is 7.85. The Kier molecular flexibility index (Phi) is 3.64. The molecule has 0 amide bonds. The van der Waals surface area contributed by atoms with Crippen molar-refractivity contribution in [2.75, 3.05) is 20.8 Å². The van der Waals surface area contributed by atoms with Crippen molar-refractivity contribution < 1.29 is 14.3 Å². The Morgan fingerprint density at radius 1 is 1.38 bits per heavy atom. The minimum absolute atomic E-state index is 0.00807. The summed E-state index contributed by atoms with van der Waals surface area (Å²) in [6, 6.07) is 7.34. The van der Waals surface area contributed by atoms with E-state index in [1.165, 1.54) is 11.1 Å². The van der Waals surface area contributed by atoms with E-state index in [-0.39, 0.29) is 23.3 Å². The van der Waals surface area contributed by atoms with E-state index in [9.17, 15) is 4.79 Å². The molecule has 0 aromatic heterocycles. The molecule has 5 rings (SSSR count). The topological polar surface area (TPSA) is 38.8 Å². The first-order valence-corrected chi connectivity index (χ1v) is 9.05. The first kappa shape index (κ1) is 15.9. The van der Waals surface area contributed by atoms with E-state index in [1.54, 1.807) is 7.11 Å². The normalized spacial score (nSPS) is 37.0. The fourth-order valence-corrected chi connectivity index (χ4v) is 5.67. The fraction of sp³-hybridized carbons (Fsp3) is 0.650. The second-order valence-electron chi connectivity index (χ2n) is 7.85. The predicted octanol–water partition coefficient (Wildman–Crippen LogP) is 2.78. The van der Waals surface area contributed by atoms with Crippen molar-refractivity contribution in [2.24, 2.45) is 11.8 Å². The number of piperidine rings is 2. The summed E-state index contributed by atoms with van der Waals surface area (Å²) in [4.78, 5) is 14.9. The zero-order valence-corrected chi connectivity index (χ0v) is 15.0. The van der Waals surface area contributed by atoms with Gasteiger partial charge >= 0.3 is 5.97 Å². The van der Waals surface area contributed by atoms with Gasteiger partial charge in [-0.25, -0.2) is 0 Å². The van der Waals surface area contributed by atoms with E-state index in [2.05, 4.69) is 37.1 Å². The number of rotatable bonds is 3. The quantitative estimate of drug-likeness (QED) is 0.800. The highest BCUT2D eigenvalue weighted by Gasteiger charge is 2.60. The minimum Gasteiger partial charge on any atom is -0.497 e. The van der Waals surface area contributed by atoms with E-state index in [4.69, 9.17) is 9.47 Å². The predicted molar refractivity (Wildman–Crippen MR) is 92.2 cm³/mol. The van der Waals surface area contributed by atoms with Crippen LogP contribution in [0.1, 0.15) is 37.8 Å². The molecule has 2 heterocycles. The third-order valence-electron chi connectivity index (χ3n) is 6.89. The van der Waals surface area contributed by atoms with Crippen LogP contribution in [0.4, 0.5) is 0 Å². The largest absolute Gasteiger partial charge is 0.497 e. The Morgan fingerprint density at radius 3 is 2.88 bits per heavy atom. The molecule has 3 fully saturated rings. The number of fused-ring (bicyclic) bond motifs is 2. The summed E-state index contributed by atoms with van der Waals surface area (Å²) in [6.07, 6.45) is 3.04. The van der Waals surface area contributed by atoms with E-state index >= 15 is 0 Å². The van der Waals surface area contributed by atoms with Crippen LogP contribution in [0.5, 0.6) is 5.75 Å². The molecule has 1 saturated carbocycles. The van der Waals surface area contributed by atoms with E-state index in [0.29, 0.717) is 18.6 Å². The van der Waals surface area contributed by atoms with Crippen LogP contribution < -0.4 is 4.74 Å². The molecule has 1 aromatic rings. The Bertz CT molecular complexity index is 673. The monoisotopic (exact) mass is 329 g/mol. The van der Waals surface area contributed by atoms with Crippen molar-refractivity contribution in [2.45, 2.75) is 50.6 Å². The van der Waals surface area contributed by atoms with Gasteiger partial charge in [0.25, 0.3) is 0 Å². The Balaban J connectivity index is 1.74. The summed E-state index contributed by atoms with van der Waals surface area (Å²) in [6.45, 7) is 4.75. The van der Waals surface area contributed by atoms with Crippen LogP contribution >= 0.6 is 0 Å². The first-order chi connectivity index (χ1) is 11.5. The summed E-state index contributed by atoms with van der Waals surface area (Å²) in [5, 5.41) is 0. The van der Waals surface area contributed by atoms with Gasteiger partial charge < -0.3 is 9.47 Å². The van der Waals surface area contributed by atoms with Crippen LogP contribution in [-0.4, -0.2) is 43.7 Å². The van der Waals surface area contributed by atoms with Crippen LogP contribution in [0.25, 0.3) is 0 Å². The zero-order chi connectivity index (χ0) is 17.1. The number of hydrogen-bond acceptors (Lipinski definition) is 4. The lowest BCUT2D eigenvalue weighted by Crippen LogP contribution is -2.68. The van der Waals surface area contributed by atoms with Crippen molar-refractivity contribution >= 4 is 5.97 Å². The number of esters is 1. The molecule has 4 heteroatoms. The Labute approximate surface area is 144 Å². The number of nitrogens with zero attached hydrogens (tertiary/aromatic N) is 1. The molecule has 130 valence electrons. The van der Waals surface area contributed by atoms with Crippen molar-refractivity contribution in [1.29, 1.82) is 0 Å². The summed E-state index contributed by atoms with van der Waals surface area (Å²) in [7, 11) is 3.93. The summed E-state index contributed by atoms with van der Waals surface area (Å²) < 4.78 is 10.8. The van der Waals surface area contributed by atoms with Gasteiger partial charge in [0.15, 0.2) is 0 Å². The maximum atomic E-state index is 12.4. The maximum absolute atomic E-state index is 12.4. The molecule has 4 unspecified atom stereocenters. The SMILES string of the molecule is CCOC(=O)C1CC2C3Cc4ccc(OC)cc4[C@@]2(C)CC1N3C. The third kappa shape index (κ3) is 2.05. The van der Waals surface area contributed by atoms with Crippen LogP contribution in [0.2, 0.25) is 0 Å². The van der Waals surface area contributed by atoms with Crippen molar-refractivity contribution in [3.63, 3.8) is 0 Å².